The summed E-state index contributed by atoms with van der Waals surface area (Å²) in [5.74, 6) is -2.23. The van der Waals surface area contributed by atoms with Gasteiger partial charge in [-0.25, -0.2) is 4.79 Å². The predicted octanol–water partition coefficient (Wildman–Crippen LogP) is 1.80. The molecule has 1 heterocycles. The average Bonchev–Trinajstić information content (AvgIpc) is 2.46. The molecule has 0 bridgehead atoms. The second kappa shape index (κ2) is 5.97. The number of carboxylic acids is 1. The largest absolute Gasteiger partial charge is 0.507 e. The highest BCUT2D eigenvalue weighted by molar-refractivity contribution is 6.41. The zero-order valence-corrected chi connectivity index (χ0v) is 12.4. The number of ether oxygens (including phenoxy) is 3. The molecule has 0 atom stereocenters. The Balaban J connectivity index is 2.54. The van der Waals surface area contributed by atoms with E-state index in [0.29, 0.717) is 11.5 Å². The zero-order chi connectivity index (χ0) is 16.4. The number of aliphatic carboxylic acids is 1. The van der Waals surface area contributed by atoms with Gasteiger partial charge < -0.3 is 24.4 Å². The number of hydrogen-bond acceptors (Lipinski definition) is 6. The van der Waals surface area contributed by atoms with Gasteiger partial charge in [0, 0.05) is 6.07 Å². The molecule has 0 amide bonds. The first-order chi connectivity index (χ1) is 10.3. The molecule has 7 nitrogen and oxygen atoms in total. The van der Waals surface area contributed by atoms with Gasteiger partial charge in [-0.05, 0) is 19.9 Å². The molecule has 0 saturated carbocycles. The Bertz CT molecular complexity index is 658. The second-order valence-corrected chi connectivity index (χ2v) is 4.92. The summed E-state index contributed by atoms with van der Waals surface area (Å²) in [6, 6.07) is 2.98. The van der Waals surface area contributed by atoms with Gasteiger partial charge >= 0.3 is 5.97 Å². The molecule has 1 aromatic rings. The summed E-state index contributed by atoms with van der Waals surface area (Å²) in [5.41, 5.74) is -0.118. The van der Waals surface area contributed by atoms with Gasteiger partial charge in [0.1, 0.15) is 18.1 Å². The zero-order valence-electron chi connectivity index (χ0n) is 12.4. The number of ketones is 1. The van der Waals surface area contributed by atoms with Gasteiger partial charge in [0.25, 0.3) is 5.78 Å². The van der Waals surface area contributed by atoms with Crippen molar-refractivity contribution in [3.63, 3.8) is 0 Å². The van der Waals surface area contributed by atoms with Gasteiger partial charge in [-0.1, -0.05) is 0 Å². The van der Waals surface area contributed by atoms with Crippen LogP contribution in [-0.4, -0.2) is 41.8 Å². The van der Waals surface area contributed by atoms with Gasteiger partial charge in [0.05, 0.1) is 24.4 Å². The fourth-order valence-electron chi connectivity index (χ4n) is 2.03. The van der Waals surface area contributed by atoms with Crippen LogP contribution in [0.3, 0.4) is 0 Å². The molecule has 0 unspecified atom stereocenters. The number of aliphatic hydroxyl groups excluding tert-OH is 1. The van der Waals surface area contributed by atoms with E-state index in [4.69, 9.17) is 19.3 Å². The Morgan fingerprint density at radius 1 is 1.27 bits per heavy atom. The summed E-state index contributed by atoms with van der Waals surface area (Å²) >= 11 is 0. The van der Waals surface area contributed by atoms with Crippen LogP contribution in [0.15, 0.2) is 17.7 Å². The highest BCUT2D eigenvalue weighted by Crippen LogP contribution is 2.40. The lowest BCUT2D eigenvalue weighted by atomic mass is 10.0. The average molecular weight is 308 g/mol. The van der Waals surface area contributed by atoms with Crippen LogP contribution in [0.1, 0.15) is 19.4 Å². The number of carbonyl (C=O) groups excluding carboxylic acids is 1. The predicted molar refractivity (Wildman–Crippen MR) is 76.4 cm³/mol. The molecule has 0 aromatic heterocycles. The van der Waals surface area contributed by atoms with E-state index in [2.05, 4.69) is 0 Å². The topological polar surface area (TPSA) is 102 Å². The van der Waals surface area contributed by atoms with Crippen molar-refractivity contribution in [2.45, 2.75) is 20.0 Å². The van der Waals surface area contributed by atoms with Crippen molar-refractivity contribution in [1.29, 1.82) is 0 Å². The molecule has 0 radical (unpaired) electrons. The van der Waals surface area contributed by atoms with Crippen molar-refractivity contribution in [3.8, 4) is 17.2 Å². The third-order valence-electron chi connectivity index (χ3n) is 3.01. The molecule has 1 aliphatic heterocycles. The molecular formula is C15H16O7. The van der Waals surface area contributed by atoms with Gasteiger partial charge in [0.15, 0.2) is 11.5 Å². The molecule has 1 aliphatic rings. The Kier molecular flexibility index (Phi) is 4.25. The highest BCUT2D eigenvalue weighted by Gasteiger charge is 2.30. The lowest BCUT2D eigenvalue weighted by Crippen LogP contribution is -2.24. The van der Waals surface area contributed by atoms with Crippen LogP contribution in [0.25, 0.3) is 5.76 Å². The van der Waals surface area contributed by atoms with Crippen molar-refractivity contribution in [1.82, 2.24) is 0 Å². The van der Waals surface area contributed by atoms with Crippen LogP contribution in [-0.2, 0) is 9.59 Å². The quantitative estimate of drug-likeness (QED) is 0.799. The van der Waals surface area contributed by atoms with E-state index >= 15 is 0 Å². The van der Waals surface area contributed by atoms with E-state index < -0.39 is 17.5 Å². The maximum absolute atomic E-state index is 11.6. The number of methoxy groups -OCH3 is 1. The molecular weight excluding hydrogens is 292 g/mol. The van der Waals surface area contributed by atoms with E-state index in [9.17, 15) is 14.7 Å². The first-order valence-electron chi connectivity index (χ1n) is 6.56. The van der Waals surface area contributed by atoms with Crippen LogP contribution >= 0.6 is 0 Å². The number of Topliss-reactive ketones (excluding diaryl/α,β-unsaturated/α-hetero) is 1. The van der Waals surface area contributed by atoms with E-state index in [1.807, 2.05) is 13.8 Å². The van der Waals surface area contributed by atoms with Crippen molar-refractivity contribution >= 4 is 17.5 Å². The summed E-state index contributed by atoms with van der Waals surface area (Å²) in [4.78, 5) is 22.3. The number of carbonyl (C=O) groups is 2. The fourth-order valence-corrected chi connectivity index (χ4v) is 2.03. The standard InChI is InChI=1S/C15H16O7/c1-7(2)22-12-4-8-10(5-11(12)20-3)21-6-9(13(8)16)14(17)15(18)19/h4-5,7,16H,6H2,1-3H3,(H,18,19). The Morgan fingerprint density at radius 2 is 1.95 bits per heavy atom. The normalized spacial score (nSPS) is 13.5. The molecule has 7 heteroatoms. The van der Waals surface area contributed by atoms with Crippen LogP contribution in [0.2, 0.25) is 0 Å². The summed E-state index contributed by atoms with van der Waals surface area (Å²) < 4.78 is 16.1. The Morgan fingerprint density at radius 3 is 2.50 bits per heavy atom. The second-order valence-electron chi connectivity index (χ2n) is 4.92. The molecule has 22 heavy (non-hydrogen) atoms. The van der Waals surface area contributed by atoms with Gasteiger partial charge in [-0.15, -0.1) is 0 Å². The van der Waals surface area contributed by atoms with Gasteiger partial charge in [-0.3, -0.25) is 4.79 Å². The van der Waals surface area contributed by atoms with E-state index in [1.54, 1.807) is 0 Å². The minimum Gasteiger partial charge on any atom is -0.507 e. The number of hydrogen-bond donors (Lipinski definition) is 2. The number of aliphatic hydroxyl groups is 1. The van der Waals surface area contributed by atoms with Crippen molar-refractivity contribution < 1.29 is 34.0 Å². The fraction of sp³-hybridized carbons (Fsp3) is 0.333. The minimum atomic E-state index is -1.65. The number of benzene rings is 1. The smallest absolute Gasteiger partial charge is 0.377 e. The molecule has 2 N–H and O–H groups in total. The SMILES string of the molecule is COc1cc2c(cc1OC(C)C)C(O)=C(C(=O)C(=O)O)CO2. The lowest BCUT2D eigenvalue weighted by Gasteiger charge is -2.22. The minimum absolute atomic E-state index is 0.136. The number of carboxylic acid groups (broad SMARTS) is 1. The van der Waals surface area contributed by atoms with Crippen molar-refractivity contribution in [2.75, 3.05) is 13.7 Å². The van der Waals surface area contributed by atoms with Crippen LogP contribution in [0.5, 0.6) is 17.2 Å². The Hall–Kier alpha value is -2.70. The van der Waals surface area contributed by atoms with Crippen molar-refractivity contribution in [2.24, 2.45) is 0 Å². The van der Waals surface area contributed by atoms with E-state index in [-0.39, 0.29) is 29.6 Å². The highest BCUT2D eigenvalue weighted by atomic mass is 16.5. The Labute approximate surface area is 126 Å². The summed E-state index contributed by atoms with van der Waals surface area (Å²) in [5, 5.41) is 18.9. The molecule has 0 saturated heterocycles. The van der Waals surface area contributed by atoms with Crippen LogP contribution < -0.4 is 14.2 Å². The van der Waals surface area contributed by atoms with Crippen LogP contribution in [0, 0.1) is 0 Å². The summed E-state index contributed by atoms with van der Waals surface area (Å²) in [6.45, 7) is 3.33. The molecule has 1 aromatic carbocycles. The molecule has 0 spiro atoms. The van der Waals surface area contributed by atoms with Crippen molar-refractivity contribution in [3.05, 3.63) is 23.3 Å². The third kappa shape index (κ3) is 2.83. The maximum atomic E-state index is 11.6. The maximum Gasteiger partial charge on any atom is 0.377 e. The third-order valence-corrected chi connectivity index (χ3v) is 3.01. The first kappa shape index (κ1) is 15.7. The van der Waals surface area contributed by atoms with E-state index in [1.165, 1.54) is 19.2 Å². The molecule has 2 rings (SSSR count). The molecule has 0 fully saturated rings. The van der Waals surface area contributed by atoms with Crippen LogP contribution in [0.4, 0.5) is 0 Å². The monoisotopic (exact) mass is 308 g/mol. The first-order valence-corrected chi connectivity index (χ1v) is 6.56. The van der Waals surface area contributed by atoms with E-state index in [0.717, 1.165) is 0 Å². The molecule has 118 valence electrons. The number of rotatable bonds is 5. The van der Waals surface area contributed by atoms with Gasteiger partial charge in [-0.2, -0.15) is 0 Å². The summed E-state index contributed by atoms with van der Waals surface area (Å²) in [7, 11) is 1.47. The number of fused-ring (bicyclic) bond motifs is 1. The molecule has 0 aliphatic carbocycles. The lowest BCUT2D eigenvalue weighted by molar-refractivity contribution is -0.147. The van der Waals surface area contributed by atoms with Gasteiger partial charge in [0.2, 0.25) is 0 Å². The summed E-state index contributed by atoms with van der Waals surface area (Å²) in [6.07, 6.45) is -0.136.